The van der Waals surface area contributed by atoms with Crippen LogP contribution in [0, 0.1) is 0 Å². The quantitative estimate of drug-likeness (QED) is 0.818. The van der Waals surface area contributed by atoms with Crippen LogP contribution >= 0.6 is 23.4 Å². The molecule has 0 spiro atoms. The molecule has 0 radical (unpaired) electrons. The molecular formula is C16H16ClNOS. The second-order valence-corrected chi connectivity index (χ2v) is 6.93. The molecule has 0 aliphatic rings. The molecule has 0 atom stereocenters. The standard InChI is InChI=1S/C16H16ClNOS/c1-16(2,20-14-11-7-6-10-13(14)17)15(19)18-12-8-4-3-5-9-12/h3-11H,1-2H3,(H,18,19). The molecule has 0 saturated heterocycles. The molecule has 0 aliphatic heterocycles. The number of amides is 1. The number of hydrogen-bond donors (Lipinski definition) is 1. The minimum absolute atomic E-state index is 0.0476. The molecule has 2 aromatic rings. The number of hydrogen-bond acceptors (Lipinski definition) is 2. The van der Waals surface area contributed by atoms with Gasteiger partial charge in [-0.25, -0.2) is 0 Å². The summed E-state index contributed by atoms with van der Waals surface area (Å²) in [5.74, 6) is -0.0476. The Labute approximate surface area is 128 Å². The summed E-state index contributed by atoms with van der Waals surface area (Å²) in [5, 5.41) is 3.58. The maximum atomic E-state index is 12.4. The first-order valence-corrected chi connectivity index (χ1v) is 7.48. The zero-order valence-corrected chi connectivity index (χ0v) is 13.0. The van der Waals surface area contributed by atoms with Gasteiger partial charge in [-0.1, -0.05) is 41.9 Å². The van der Waals surface area contributed by atoms with Gasteiger partial charge in [-0.2, -0.15) is 0 Å². The van der Waals surface area contributed by atoms with Crippen LogP contribution in [0.25, 0.3) is 0 Å². The summed E-state index contributed by atoms with van der Waals surface area (Å²) in [6.07, 6.45) is 0. The summed E-state index contributed by atoms with van der Waals surface area (Å²) < 4.78 is -0.610. The van der Waals surface area contributed by atoms with E-state index in [1.54, 1.807) is 0 Å². The maximum absolute atomic E-state index is 12.4. The third-order valence-electron chi connectivity index (χ3n) is 2.78. The predicted molar refractivity (Wildman–Crippen MR) is 86.5 cm³/mol. The van der Waals surface area contributed by atoms with Gasteiger partial charge in [0.25, 0.3) is 0 Å². The Balaban J connectivity index is 2.10. The van der Waals surface area contributed by atoms with Gasteiger partial charge in [-0.3, -0.25) is 4.79 Å². The van der Waals surface area contributed by atoms with Crippen molar-refractivity contribution in [1.29, 1.82) is 0 Å². The molecule has 2 rings (SSSR count). The van der Waals surface area contributed by atoms with Gasteiger partial charge in [0.2, 0.25) is 5.91 Å². The van der Waals surface area contributed by atoms with E-state index in [1.165, 1.54) is 11.8 Å². The molecule has 0 fully saturated rings. The Morgan fingerprint density at radius 1 is 1.05 bits per heavy atom. The van der Waals surface area contributed by atoms with Crippen LogP contribution in [-0.2, 0) is 4.79 Å². The van der Waals surface area contributed by atoms with Gasteiger partial charge < -0.3 is 5.32 Å². The van der Waals surface area contributed by atoms with Gasteiger partial charge in [0.05, 0.1) is 9.77 Å². The van der Waals surface area contributed by atoms with Crippen molar-refractivity contribution in [2.45, 2.75) is 23.5 Å². The summed E-state index contributed by atoms with van der Waals surface area (Å²) in [6, 6.07) is 17.0. The normalized spacial score (nSPS) is 11.2. The third kappa shape index (κ3) is 3.78. The van der Waals surface area contributed by atoms with Crippen LogP contribution in [0.4, 0.5) is 5.69 Å². The molecule has 2 nitrogen and oxygen atoms in total. The number of nitrogens with one attached hydrogen (secondary N) is 1. The number of anilines is 1. The molecule has 0 aromatic heterocycles. The number of rotatable bonds is 4. The van der Waals surface area contributed by atoms with Crippen molar-refractivity contribution in [3.05, 3.63) is 59.6 Å². The van der Waals surface area contributed by atoms with Crippen molar-refractivity contribution in [1.82, 2.24) is 0 Å². The average molecular weight is 306 g/mol. The molecule has 20 heavy (non-hydrogen) atoms. The highest BCUT2D eigenvalue weighted by Gasteiger charge is 2.29. The van der Waals surface area contributed by atoms with E-state index in [0.29, 0.717) is 5.02 Å². The van der Waals surface area contributed by atoms with E-state index in [1.807, 2.05) is 68.4 Å². The number of benzene rings is 2. The van der Waals surface area contributed by atoms with Crippen molar-refractivity contribution < 1.29 is 4.79 Å². The highest BCUT2D eigenvalue weighted by molar-refractivity contribution is 8.01. The molecule has 0 bridgehead atoms. The van der Waals surface area contributed by atoms with Crippen molar-refractivity contribution in [2.24, 2.45) is 0 Å². The largest absolute Gasteiger partial charge is 0.325 e. The lowest BCUT2D eigenvalue weighted by molar-refractivity contribution is -0.117. The van der Waals surface area contributed by atoms with E-state index in [9.17, 15) is 4.79 Å². The van der Waals surface area contributed by atoms with Crippen LogP contribution in [0.2, 0.25) is 5.02 Å². The van der Waals surface area contributed by atoms with Crippen LogP contribution < -0.4 is 5.32 Å². The number of halogens is 1. The van der Waals surface area contributed by atoms with Gasteiger partial charge in [-0.05, 0) is 38.1 Å². The first-order valence-electron chi connectivity index (χ1n) is 6.29. The fourth-order valence-electron chi connectivity index (χ4n) is 1.65. The van der Waals surface area contributed by atoms with E-state index in [0.717, 1.165) is 10.6 Å². The van der Waals surface area contributed by atoms with E-state index in [4.69, 9.17) is 11.6 Å². The third-order valence-corrected chi connectivity index (χ3v) is 4.49. The fourth-order valence-corrected chi connectivity index (χ4v) is 2.91. The number of carbonyl (C=O) groups excluding carboxylic acids is 1. The fraction of sp³-hybridized carbons (Fsp3) is 0.188. The molecule has 4 heteroatoms. The molecule has 0 saturated carbocycles. The molecule has 1 N–H and O–H groups in total. The highest BCUT2D eigenvalue weighted by atomic mass is 35.5. The minimum Gasteiger partial charge on any atom is -0.325 e. The van der Waals surface area contributed by atoms with Crippen LogP contribution in [-0.4, -0.2) is 10.7 Å². The summed E-state index contributed by atoms with van der Waals surface area (Å²) >= 11 is 7.60. The second kappa shape index (κ2) is 6.33. The molecule has 1 amide bonds. The smallest absolute Gasteiger partial charge is 0.240 e. The summed E-state index contributed by atoms with van der Waals surface area (Å²) in [5.41, 5.74) is 0.797. The molecule has 0 aliphatic carbocycles. The van der Waals surface area contributed by atoms with Crippen LogP contribution in [0.5, 0.6) is 0 Å². The van der Waals surface area contributed by atoms with Crippen molar-refractivity contribution in [3.63, 3.8) is 0 Å². The van der Waals surface area contributed by atoms with Gasteiger partial charge in [0, 0.05) is 10.6 Å². The Hall–Kier alpha value is -1.45. The van der Waals surface area contributed by atoms with E-state index in [-0.39, 0.29) is 5.91 Å². The Bertz CT molecular complexity index is 598. The molecular weight excluding hydrogens is 290 g/mol. The van der Waals surface area contributed by atoms with Crippen LogP contribution in [0.3, 0.4) is 0 Å². The first-order chi connectivity index (χ1) is 9.49. The molecule has 0 heterocycles. The summed E-state index contributed by atoms with van der Waals surface area (Å²) in [6.45, 7) is 3.78. The van der Waals surface area contributed by atoms with E-state index in [2.05, 4.69) is 5.32 Å². The monoisotopic (exact) mass is 305 g/mol. The van der Waals surface area contributed by atoms with Gasteiger partial charge >= 0.3 is 0 Å². The summed E-state index contributed by atoms with van der Waals surface area (Å²) in [7, 11) is 0. The Kier molecular flexibility index (Phi) is 4.73. The van der Waals surface area contributed by atoms with Crippen LogP contribution in [0.15, 0.2) is 59.5 Å². The SMILES string of the molecule is CC(C)(Sc1ccccc1Cl)C(=O)Nc1ccccc1. The lowest BCUT2D eigenvalue weighted by Gasteiger charge is -2.23. The zero-order chi connectivity index (χ0) is 14.6. The zero-order valence-electron chi connectivity index (χ0n) is 11.4. The van der Waals surface area contributed by atoms with Crippen molar-refractivity contribution in [2.75, 3.05) is 5.32 Å². The van der Waals surface area contributed by atoms with Crippen molar-refractivity contribution >= 4 is 35.0 Å². The minimum atomic E-state index is -0.610. The topological polar surface area (TPSA) is 29.1 Å². The van der Waals surface area contributed by atoms with E-state index >= 15 is 0 Å². The Morgan fingerprint density at radius 2 is 1.65 bits per heavy atom. The first kappa shape index (κ1) is 14.9. The average Bonchev–Trinajstić information content (AvgIpc) is 2.42. The van der Waals surface area contributed by atoms with Crippen LogP contribution in [0.1, 0.15) is 13.8 Å². The lowest BCUT2D eigenvalue weighted by atomic mass is 10.2. The Morgan fingerprint density at radius 3 is 2.30 bits per heavy atom. The van der Waals surface area contributed by atoms with E-state index < -0.39 is 4.75 Å². The summed E-state index contributed by atoms with van der Waals surface area (Å²) in [4.78, 5) is 13.3. The number of thioether (sulfide) groups is 1. The number of para-hydroxylation sites is 1. The molecule has 104 valence electrons. The predicted octanol–water partition coefficient (Wildman–Crippen LogP) is 4.85. The highest BCUT2D eigenvalue weighted by Crippen LogP contribution is 2.37. The van der Waals surface area contributed by atoms with Crippen molar-refractivity contribution in [3.8, 4) is 0 Å². The second-order valence-electron chi connectivity index (χ2n) is 4.86. The van der Waals surface area contributed by atoms with Gasteiger partial charge in [-0.15, -0.1) is 11.8 Å². The molecule has 0 unspecified atom stereocenters. The molecule has 2 aromatic carbocycles. The van der Waals surface area contributed by atoms with Gasteiger partial charge in [0.15, 0.2) is 0 Å². The number of carbonyl (C=O) groups is 1. The maximum Gasteiger partial charge on any atom is 0.240 e. The van der Waals surface area contributed by atoms with Gasteiger partial charge in [0.1, 0.15) is 0 Å². The lowest BCUT2D eigenvalue weighted by Crippen LogP contribution is -2.33.